The zero-order valence-electron chi connectivity index (χ0n) is 21.9. The maximum atomic E-state index is 13.4. The van der Waals surface area contributed by atoms with E-state index in [0.717, 1.165) is 17.4 Å². The van der Waals surface area contributed by atoms with Crippen molar-refractivity contribution in [3.05, 3.63) is 33.8 Å². The fraction of sp³-hybridized carbons (Fsp3) is 0.478. The number of amides is 1. The van der Waals surface area contributed by atoms with Crippen LogP contribution in [0.15, 0.2) is 21.4 Å². The molecular formula is C23H26Cl2F3N5O5S2. The Morgan fingerprint density at radius 3 is 2.27 bits per heavy atom. The van der Waals surface area contributed by atoms with Crippen LogP contribution in [0.4, 0.5) is 13.2 Å². The number of carbonyl (C=O) groups excluding carboxylic acids is 1. The molecule has 0 radical (unpaired) electrons. The molecule has 1 aromatic carbocycles. The quantitative estimate of drug-likeness (QED) is 0.295. The molecule has 1 atom stereocenters. The van der Waals surface area contributed by atoms with Gasteiger partial charge in [0.15, 0.2) is 5.01 Å². The number of nitrogens with one attached hydrogen (secondary N) is 1. The van der Waals surface area contributed by atoms with Crippen molar-refractivity contribution in [3.63, 3.8) is 0 Å². The van der Waals surface area contributed by atoms with Crippen molar-refractivity contribution < 1.29 is 35.9 Å². The minimum atomic E-state index is -4.82. The summed E-state index contributed by atoms with van der Waals surface area (Å²) in [6.45, 7) is 8.29. The summed E-state index contributed by atoms with van der Waals surface area (Å²) >= 11 is 13.7. The van der Waals surface area contributed by atoms with Crippen LogP contribution in [0.3, 0.4) is 0 Å². The molecule has 0 aliphatic heterocycles. The standard InChI is InChI=1S/C23H26Cl2F3N5O5S2/c1-6-13(23(26,27)28)32-40(36,37)12-10-9-11(14(24)15(12)25)17-16(20(34)33(7-2)8-3)29-19(39-17)18-30-31-21(38-18)22(4,5)35/h9-10,13,32,35H,6-8H2,1-5H3/t13-/m0/s1. The molecular weight excluding hydrogens is 618 g/mol. The van der Waals surface area contributed by atoms with Gasteiger partial charge in [0.1, 0.15) is 22.2 Å². The van der Waals surface area contributed by atoms with Gasteiger partial charge in [-0.25, -0.2) is 13.4 Å². The van der Waals surface area contributed by atoms with E-state index in [0.29, 0.717) is 13.1 Å². The summed E-state index contributed by atoms with van der Waals surface area (Å²) < 4.78 is 72.4. The lowest BCUT2D eigenvalue weighted by Gasteiger charge is -2.21. The van der Waals surface area contributed by atoms with Crippen LogP contribution in [0.5, 0.6) is 0 Å². The van der Waals surface area contributed by atoms with Crippen LogP contribution in [0, 0.1) is 0 Å². The van der Waals surface area contributed by atoms with Crippen molar-refractivity contribution in [3.8, 4) is 21.3 Å². The molecule has 0 aliphatic carbocycles. The first-order chi connectivity index (χ1) is 18.5. The molecule has 0 spiro atoms. The summed E-state index contributed by atoms with van der Waals surface area (Å²) in [5.74, 6) is -0.667. The van der Waals surface area contributed by atoms with E-state index in [2.05, 4.69) is 15.2 Å². The van der Waals surface area contributed by atoms with E-state index in [9.17, 15) is 31.5 Å². The van der Waals surface area contributed by atoms with Gasteiger partial charge >= 0.3 is 6.18 Å². The molecule has 0 bridgehead atoms. The van der Waals surface area contributed by atoms with Crippen LogP contribution in [-0.2, 0) is 15.6 Å². The second-order valence-electron chi connectivity index (χ2n) is 9.01. The first-order valence-corrected chi connectivity index (χ1v) is 15.0. The van der Waals surface area contributed by atoms with Crippen LogP contribution < -0.4 is 4.72 Å². The number of hydrogen-bond donors (Lipinski definition) is 2. The Balaban J connectivity index is 2.16. The van der Waals surface area contributed by atoms with Crippen LogP contribution in [0.1, 0.15) is 57.4 Å². The van der Waals surface area contributed by atoms with Gasteiger partial charge in [0.05, 0.1) is 14.9 Å². The third kappa shape index (κ3) is 6.60. The average Bonchev–Trinajstić information content (AvgIpc) is 3.52. The fourth-order valence-corrected chi connectivity index (χ4v) is 6.74. The van der Waals surface area contributed by atoms with E-state index in [1.54, 1.807) is 18.6 Å². The number of hydrogen-bond acceptors (Lipinski definition) is 9. The summed E-state index contributed by atoms with van der Waals surface area (Å²) in [5.41, 5.74) is -1.41. The van der Waals surface area contributed by atoms with Gasteiger partial charge in [-0.15, -0.1) is 21.5 Å². The highest BCUT2D eigenvalue weighted by atomic mass is 35.5. The first kappa shape index (κ1) is 32.2. The van der Waals surface area contributed by atoms with Crippen molar-refractivity contribution in [1.29, 1.82) is 0 Å². The molecule has 10 nitrogen and oxygen atoms in total. The Labute approximate surface area is 242 Å². The van der Waals surface area contributed by atoms with Crippen molar-refractivity contribution in [2.75, 3.05) is 13.1 Å². The molecule has 3 rings (SSSR count). The molecule has 2 N–H and O–H groups in total. The van der Waals surface area contributed by atoms with Crippen molar-refractivity contribution in [2.45, 2.75) is 63.8 Å². The van der Waals surface area contributed by atoms with Gasteiger partial charge in [-0.05, 0) is 40.2 Å². The molecule has 3 aromatic rings. The number of benzene rings is 1. The lowest BCUT2D eigenvalue weighted by Crippen LogP contribution is -2.44. The number of halogens is 5. The number of sulfonamides is 1. The molecule has 0 fully saturated rings. The van der Waals surface area contributed by atoms with Crippen molar-refractivity contribution >= 4 is 50.5 Å². The average molecular weight is 645 g/mol. The molecule has 220 valence electrons. The lowest BCUT2D eigenvalue weighted by atomic mass is 10.1. The minimum Gasteiger partial charge on any atom is -0.415 e. The van der Waals surface area contributed by atoms with Crippen LogP contribution in [-0.4, -0.2) is 64.8 Å². The third-order valence-corrected chi connectivity index (χ3v) is 9.28. The predicted molar refractivity (Wildman–Crippen MR) is 144 cm³/mol. The number of alkyl halides is 3. The van der Waals surface area contributed by atoms with E-state index in [4.69, 9.17) is 27.6 Å². The van der Waals surface area contributed by atoms with Crippen LogP contribution >= 0.6 is 34.5 Å². The largest absolute Gasteiger partial charge is 0.415 e. The smallest absolute Gasteiger partial charge is 0.404 e. The summed E-state index contributed by atoms with van der Waals surface area (Å²) in [6.07, 6.45) is -5.37. The molecule has 17 heteroatoms. The Bertz CT molecular complexity index is 1500. The molecule has 0 aliphatic rings. The molecule has 2 heterocycles. The van der Waals surface area contributed by atoms with Gasteiger partial charge < -0.3 is 14.4 Å². The van der Waals surface area contributed by atoms with Crippen molar-refractivity contribution in [1.82, 2.24) is 24.8 Å². The molecule has 1 amide bonds. The summed E-state index contributed by atoms with van der Waals surface area (Å²) in [4.78, 5) is 18.7. The molecule has 0 unspecified atom stereocenters. The highest BCUT2D eigenvalue weighted by molar-refractivity contribution is 7.89. The Morgan fingerprint density at radius 2 is 1.77 bits per heavy atom. The fourth-order valence-electron chi connectivity index (χ4n) is 3.50. The monoisotopic (exact) mass is 643 g/mol. The number of nitrogens with zero attached hydrogens (tertiary/aromatic N) is 4. The van der Waals surface area contributed by atoms with E-state index in [1.807, 2.05) is 0 Å². The van der Waals surface area contributed by atoms with E-state index >= 15 is 0 Å². The molecule has 0 saturated carbocycles. The first-order valence-electron chi connectivity index (χ1n) is 11.9. The highest BCUT2D eigenvalue weighted by Gasteiger charge is 2.41. The summed E-state index contributed by atoms with van der Waals surface area (Å²) in [5, 5.41) is 17.1. The van der Waals surface area contributed by atoms with Gasteiger partial charge in [0, 0.05) is 18.7 Å². The Morgan fingerprint density at radius 1 is 1.15 bits per heavy atom. The van der Waals surface area contributed by atoms with Gasteiger partial charge in [-0.2, -0.15) is 17.9 Å². The maximum absolute atomic E-state index is 13.4. The second kappa shape index (κ2) is 11.9. The number of aromatic nitrogens is 3. The normalized spacial score (nSPS) is 13.5. The van der Waals surface area contributed by atoms with Crippen molar-refractivity contribution in [2.24, 2.45) is 0 Å². The summed E-state index contributed by atoms with van der Waals surface area (Å²) in [6, 6.07) is -0.111. The Kier molecular flexibility index (Phi) is 9.58. The third-order valence-electron chi connectivity index (χ3n) is 5.69. The lowest BCUT2D eigenvalue weighted by molar-refractivity contribution is -0.151. The maximum Gasteiger partial charge on any atom is 0.404 e. The number of carbonyl (C=O) groups is 1. The number of aliphatic hydroxyl groups is 1. The minimum absolute atomic E-state index is 0.0680. The van der Waals surface area contributed by atoms with Crippen LogP contribution in [0.25, 0.3) is 21.3 Å². The second-order valence-corrected chi connectivity index (χ2v) is 12.4. The van der Waals surface area contributed by atoms with Gasteiger partial charge in [0.25, 0.3) is 11.8 Å². The number of rotatable bonds is 10. The van der Waals surface area contributed by atoms with Gasteiger partial charge in [-0.1, -0.05) is 36.2 Å². The topological polar surface area (TPSA) is 139 Å². The SMILES string of the molecule is CC[C@H](NS(=O)(=O)c1ccc(-c2sc(-c3nnc(C(C)(C)O)o3)nc2C(=O)N(CC)CC)c(Cl)c1Cl)C(F)(F)F. The highest BCUT2D eigenvalue weighted by Crippen LogP contribution is 2.43. The van der Waals surface area contributed by atoms with E-state index < -0.39 is 50.1 Å². The van der Waals surface area contributed by atoms with E-state index in [1.165, 1.54) is 31.7 Å². The predicted octanol–water partition coefficient (Wildman–Crippen LogP) is 5.50. The molecule has 0 saturated heterocycles. The Hall–Kier alpha value is -2.30. The number of thiazole rings is 1. The summed E-state index contributed by atoms with van der Waals surface area (Å²) in [7, 11) is -4.73. The molecule has 2 aromatic heterocycles. The molecule has 40 heavy (non-hydrogen) atoms. The zero-order valence-corrected chi connectivity index (χ0v) is 25.1. The van der Waals surface area contributed by atoms with Crippen LogP contribution in [0.2, 0.25) is 10.0 Å². The van der Waals surface area contributed by atoms with Gasteiger partial charge in [-0.3, -0.25) is 4.79 Å². The van der Waals surface area contributed by atoms with Gasteiger partial charge in [0.2, 0.25) is 15.9 Å². The van der Waals surface area contributed by atoms with E-state index in [-0.39, 0.29) is 37.9 Å². The zero-order chi connectivity index (χ0) is 30.2.